The molecule has 0 N–H and O–H groups in total. The van der Waals surface area contributed by atoms with Gasteiger partial charge in [-0.25, -0.2) is 17.6 Å². The van der Waals surface area contributed by atoms with E-state index in [1.807, 2.05) is 6.07 Å². The molecule has 0 saturated carbocycles. The SMILES string of the molecule is CCN(CC)S(=O)(=O)c1ccc(F)c(C(=O)OCC(=O)N(C)CCC#N)c1. The van der Waals surface area contributed by atoms with Crippen LogP contribution in [-0.2, 0) is 19.6 Å². The number of halogens is 1. The van der Waals surface area contributed by atoms with Crippen molar-refractivity contribution < 1.29 is 27.1 Å². The van der Waals surface area contributed by atoms with Crippen LogP contribution in [0, 0.1) is 17.1 Å². The minimum atomic E-state index is -3.88. The molecule has 0 heterocycles. The molecule has 0 aromatic heterocycles. The number of rotatable bonds is 9. The van der Waals surface area contributed by atoms with Crippen molar-refractivity contribution >= 4 is 21.9 Å². The van der Waals surface area contributed by atoms with Gasteiger partial charge in [0.2, 0.25) is 10.0 Å². The summed E-state index contributed by atoms with van der Waals surface area (Å²) < 4.78 is 44.9. The number of likely N-dealkylation sites (N-methyl/N-ethyl adjacent to an activating group) is 1. The van der Waals surface area contributed by atoms with E-state index in [-0.39, 0.29) is 31.0 Å². The first-order valence-corrected chi connectivity index (χ1v) is 9.70. The molecule has 0 aliphatic carbocycles. The zero-order valence-electron chi connectivity index (χ0n) is 15.4. The topological polar surface area (TPSA) is 108 Å². The number of benzene rings is 1. The minimum absolute atomic E-state index is 0.121. The normalized spacial score (nSPS) is 11.1. The van der Waals surface area contributed by atoms with Crippen molar-refractivity contribution in [2.45, 2.75) is 25.2 Å². The monoisotopic (exact) mass is 399 g/mol. The molecular weight excluding hydrogens is 377 g/mol. The minimum Gasteiger partial charge on any atom is -0.452 e. The number of carbonyl (C=O) groups is 2. The van der Waals surface area contributed by atoms with Crippen LogP contribution >= 0.6 is 0 Å². The van der Waals surface area contributed by atoms with Crippen molar-refractivity contribution in [1.82, 2.24) is 9.21 Å². The highest BCUT2D eigenvalue weighted by Gasteiger charge is 2.25. The molecule has 10 heteroatoms. The number of hydrogen-bond donors (Lipinski definition) is 0. The van der Waals surface area contributed by atoms with E-state index in [0.29, 0.717) is 0 Å². The quantitative estimate of drug-likeness (QED) is 0.581. The first-order chi connectivity index (χ1) is 12.7. The van der Waals surface area contributed by atoms with Gasteiger partial charge in [0.15, 0.2) is 6.61 Å². The van der Waals surface area contributed by atoms with Crippen molar-refractivity contribution in [1.29, 1.82) is 5.26 Å². The Bertz CT molecular complexity index is 831. The molecule has 0 saturated heterocycles. The molecule has 1 rings (SSSR count). The number of esters is 1. The van der Waals surface area contributed by atoms with Crippen molar-refractivity contribution in [3.8, 4) is 6.07 Å². The Labute approximate surface area is 158 Å². The second-order valence-corrected chi connectivity index (χ2v) is 7.47. The number of carbonyl (C=O) groups excluding carboxylic acids is 2. The van der Waals surface area contributed by atoms with E-state index in [1.165, 1.54) is 16.3 Å². The number of hydrogen-bond acceptors (Lipinski definition) is 6. The maximum absolute atomic E-state index is 14.0. The van der Waals surface area contributed by atoms with Crippen LogP contribution in [0.3, 0.4) is 0 Å². The van der Waals surface area contributed by atoms with Gasteiger partial charge in [0.1, 0.15) is 5.82 Å². The van der Waals surface area contributed by atoms with Gasteiger partial charge in [0, 0.05) is 26.7 Å². The Morgan fingerprint density at radius 2 is 1.89 bits per heavy atom. The molecule has 0 fully saturated rings. The zero-order valence-corrected chi connectivity index (χ0v) is 16.3. The van der Waals surface area contributed by atoms with Crippen molar-refractivity contribution in [2.24, 2.45) is 0 Å². The Morgan fingerprint density at radius 1 is 1.26 bits per heavy atom. The lowest BCUT2D eigenvalue weighted by atomic mass is 10.2. The molecule has 0 spiro atoms. The lowest BCUT2D eigenvalue weighted by Gasteiger charge is -2.19. The van der Waals surface area contributed by atoms with Gasteiger partial charge in [-0.3, -0.25) is 4.79 Å². The second kappa shape index (κ2) is 9.99. The first-order valence-electron chi connectivity index (χ1n) is 8.26. The highest BCUT2D eigenvalue weighted by molar-refractivity contribution is 7.89. The molecule has 1 aromatic rings. The Hall–Kier alpha value is -2.51. The number of ether oxygens (including phenoxy) is 1. The Kier molecular flexibility index (Phi) is 8.33. The van der Waals surface area contributed by atoms with Crippen LogP contribution in [0.4, 0.5) is 4.39 Å². The van der Waals surface area contributed by atoms with Crippen LogP contribution in [0.1, 0.15) is 30.6 Å². The first kappa shape index (κ1) is 22.5. The van der Waals surface area contributed by atoms with Crippen molar-refractivity contribution in [3.63, 3.8) is 0 Å². The van der Waals surface area contributed by atoms with Crippen LogP contribution in [0.2, 0.25) is 0 Å². The molecule has 8 nitrogen and oxygen atoms in total. The van der Waals surface area contributed by atoms with Crippen LogP contribution in [0.25, 0.3) is 0 Å². The van der Waals surface area contributed by atoms with E-state index in [9.17, 15) is 22.4 Å². The fourth-order valence-corrected chi connectivity index (χ4v) is 3.68. The maximum atomic E-state index is 14.0. The summed E-state index contributed by atoms with van der Waals surface area (Å²) in [5.74, 6) is -2.67. The van der Waals surface area contributed by atoms with Gasteiger partial charge >= 0.3 is 5.97 Å². The average Bonchev–Trinajstić information content (AvgIpc) is 2.64. The third-order valence-electron chi connectivity index (χ3n) is 3.81. The maximum Gasteiger partial charge on any atom is 0.341 e. The van der Waals surface area contributed by atoms with Crippen LogP contribution in [0.5, 0.6) is 0 Å². The highest BCUT2D eigenvalue weighted by Crippen LogP contribution is 2.20. The van der Waals surface area contributed by atoms with Gasteiger partial charge in [-0.1, -0.05) is 13.8 Å². The van der Waals surface area contributed by atoms with Gasteiger partial charge in [-0.05, 0) is 18.2 Å². The summed E-state index contributed by atoms with van der Waals surface area (Å²) in [5, 5.41) is 8.49. The summed E-state index contributed by atoms with van der Waals surface area (Å²) in [6.45, 7) is 3.29. The van der Waals surface area contributed by atoms with E-state index in [2.05, 4.69) is 0 Å². The van der Waals surface area contributed by atoms with Crippen molar-refractivity contribution in [2.75, 3.05) is 33.3 Å². The lowest BCUT2D eigenvalue weighted by Crippen LogP contribution is -2.32. The summed E-state index contributed by atoms with van der Waals surface area (Å²) in [6, 6.07) is 4.72. The second-order valence-electron chi connectivity index (χ2n) is 5.53. The molecule has 1 amide bonds. The number of nitrogens with zero attached hydrogens (tertiary/aromatic N) is 3. The molecular formula is C17H22FN3O5S. The summed E-state index contributed by atoms with van der Waals surface area (Å²) in [7, 11) is -2.44. The summed E-state index contributed by atoms with van der Waals surface area (Å²) in [6.07, 6.45) is 0.121. The van der Waals surface area contributed by atoms with Crippen molar-refractivity contribution in [3.05, 3.63) is 29.6 Å². The standard InChI is InChI=1S/C17H22FN3O5S/c1-4-21(5-2)27(24,25)13-7-8-15(18)14(11-13)17(23)26-12-16(22)20(3)10-6-9-19/h7-8,11H,4-6,10,12H2,1-3H3. The van der Waals surface area contributed by atoms with Crippen LogP contribution in [-0.4, -0.2) is 62.8 Å². The Morgan fingerprint density at radius 3 is 2.44 bits per heavy atom. The smallest absolute Gasteiger partial charge is 0.341 e. The predicted molar refractivity (Wildman–Crippen MR) is 94.7 cm³/mol. The lowest BCUT2D eigenvalue weighted by molar-refractivity contribution is -0.133. The molecule has 1 aromatic carbocycles. The average molecular weight is 399 g/mol. The van der Waals surface area contributed by atoms with E-state index >= 15 is 0 Å². The van der Waals surface area contributed by atoms with Gasteiger partial charge in [-0.2, -0.15) is 9.57 Å². The summed E-state index contributed by atoms with van der Waals surface area (Å²) >= 11 is 0. The van der Waals surface area contributed by atoms with Gasteiger partial charge in [0.05, 0.1) is 22.9 Å². The van der Waals surface area contributed by atoms with Gasteiger partial charge < -0.3 is 9.64 Å². The molecule has 0 aliphatic rings. The number of amides is 1. The fraction of sp³-hybridized carbons (Fsp3) is 0.471. The molecule has 148 valence electrons. The summed E-state index contributed by atoms with van der Waals surface area (Å²) in [5.41, 5.74) is -0.573. The largest absolute Gasteiger partial charge is 0.452 e. The van der Waals surface area contributed by atoms with E-state index < -0.39 is 39.9 Å². The molecule has 0 aliphatic heterocycles. The van der Waals surface area contributed by atoms with Crippen LogP contribution < -0.4 is 0 Å². The summed E-state index contributed by atoms with van der Waals surface area (Å²) in [4.78, 5) is 24.9. The van der Waals surface area contributed by atoms with E-state index in [1.54, 1.807) is 13.8 Å². The third kappa shape index (κ3) is 5.74. The van der Waals surface area contributed by atoms with E-state index in [0.717, 1.165) is 18.2 Å². The third-order valence-corrected chi connectivity index (χ3v) is 5.86. The molecule has 0 bridgehead atoms. The van der Waals surface area contributed by atoms with Gasteiger partial charge in [0.25, 0.3) is 5.91 Å². The van der Waals surface area contributed by atoms with Gasteiger partial charge in [-0.15, -0.1) is 0 Å². The molecule has 0 radical (unpaired) electrons. The Balaban J connectivity index is 2.96. The molecule has 0 unspecified atom stereocenters. The van der Waals surface area contributed by atoms with E-state index in [4.69, 9.17) is 10.00 Å². The number of nitriles is 1. The predicted octanol–water partition coefficient (Wildman–Crippen LogP) is 1.39. The zero-order chi connectivity index (χ0) is 20.6. The molecule has 0 atom stereocenters. The highest BCUT2D eigenvalue weighted by atomic mass is 32.2. The van der Waals surface area contributed by atoms with Crippen LogP contribution in [0.15, 0.2) is 23.1 Å². The fourth-order valence-electron chi connectivity index (χ4n) is 2.19. The molecule has 27 heavy (non-hydrogen) atoms. The number of sulfonamides is 1.